The molecule has 4 rings (SSSR count). The summed E-state index contributed by atoms with van der Waals surface area (Å²) < 4.78 is 49.4. The van der Waals surface area contributed by atoms with Crippen molar-refractivity contribution in [2.24, 2.45) is 0 Å². The molecule has 0 fully saturated rings. The normalized spacial score (nSPS) is 11.3. The lowest BCUT2D eigenvalue weighted by molar-refractivity contribution is -0.159. The van der Waals surface area contributed by atoms with E-state index in [9.17, 15) is 18.0 Å². The van der Waals surface area contributed by atoms with Crippen molar-refractivity contribution in [3.63, 3.8) is 0 Å². The van der Waals surface area contributed by atoms with Gasteiger partial charge in [0, 0.05) is 18.0 Å². The maximum Gasteiger partial charge on any atom is 0.471 e. The zero-order chi connectivity index (χ0) is 22.6. The molecule has 2 aromatic carbocycles. The number of hydrogen-bond donors (Lipinski definition) is 1. The minimum atomic E-state index is -4.69. The van der Waals surface area contributed by atoms with E-state index in [2.05, 4.69) is 20.0 Å². The SMILES string of the molecule is O=C(NCCOc1ccc(-c2noc(C(F)(F)F)n2)cc1)c1ccccc1-n1cccc1. The van der Waals surface area contributed by atoms with Gasteiger partial charge in [0.2, 0.25) is 5.82 Å². The molecule has 0 aliphatic rings. The standard InChI is InChI=1S/C22H17F3N4O3/c23-22(24,25)21-27-19(28-32-21)15-7-9-16(10-8-15)31-14-11-26-20(30)17-5-1-2-6-18(17)29-12-3-4-13-29/h1-10,12-13H,11,14H2,(H,26,30). The molecule has 0 aliphatic heterocycles. The molecule has 32 heavy (non-hydrogen) atoms. The first-order chi connectivity index (χ1) is 15.4. The van der Waals surface area contributed by atoms with E-state index in [1.54, 1.807) is 24.3 Å². The van der Waals surface area contributed by atoms with Crippen LogP contribution in [0.4, 0.5) is 13.2 Å². The smallest absolute Gasteiger partial charge is 0.471 e. The summed E-state index contributed by atoms with van der Waals surface area (Å²) >= 11 is 0. The number of hydrogen-bond acceptors (Lipinski definition) is 5. The largest absolute Gasteiger partial charge is 0.492 e. The Morgan fingerprint density at radius 3 is 2.44 bits per heavy atom. The number of rotatable bonds is 7. The van der Waals surface area contributed by atoms with E-state index in [1.165, 1.54) is 12.1 Å². The Morgan fingerprint density at radius 2 is 1.75 bits per heavy atom. The summed E-state index contributed by atoms with van der Waals surface area (Å²) in [5, 5.41) is 6.14. The van der Waals surface area contributed by atoms with Crippen LogP contribution in [0.2, 0.25) is 0 Å². The van der Waals surface area contributed by atoms with Crippen LogP contribution < -0.4 is 10.1 Å². The summed E-state index contributed by atoms with van der Waals surface area (Å²) in [5.41, 5.74) is 1.65. The van der Waals surface area contributed by atoms with Crippen LogP contribution in [0.25, 0.3) is 17.1 Å². The summed E-state index contributed by atoms with van der Waals surface area (Å²) in [6.07, 6.45) is -0.976. The van der Waals surface area contributed by atoms with Crippen molar-refractivity contribution < 1.29 is 27.2 Å². The van der Waals surface area contributed by atoms with E-state index in [-0.39, 0.29) is 24.9 Å². The Kier molecular flexibility index (Phi) is 5.93. The number of carbonyl (C=O) groups is 1. The Hall–Kier alpha value is -4.08. The van der Waals surface area contributed by atoms with Crippen molar-refractivity contribution in [3.05, 3.63) is 84.5 Å². The van der Waals surface area contributed by atoms with Gasteiger partial charge in [0.1, 0.15) is 12.4 Å². The van der Waals surface area contributed by atoms with Crippen molar-refractivity contribution in [2.45, 2.75) is 6.18 Å². The first-order valence-electron chi connectivity index (χ1n) is 9.56. The van der Waals surface area contributed by atoms with Gasteiger partial charge in [-0.3, -0.25) is 4.79 Å². The first kappa shape index (κ1) is 21.2. The van der Waals surface area contributed by atoms with Crippen molar-refractivity contribution in [1.29, 1.82) is 0 Å². The molecule has 7 nitrogen and oxygen atoms in total. The zero-order valence-corrected chi connectivity index (χ0v) is 16.5. The molecular weight excluding hydrogens is 425 g/mol. The van der Waals surface area contributed by atoms with Gasteiger partial charge in [-0.15, -0.1) is 0 Å². The van der Waals surface area contributed by atoms with Gasteiger partial charge in [0.05, 0.1) is 17.8 Å². The molecule has 10 heteroatoms. The molecule has 0 spiro atoms. The second kappa shape index (κ2) is 8.96. The molecule has 2 aromatic heterocycles. The zero-order valence-electron chi connectivity index (χ0n) is 16.5. The lowest BCUT2D eigenvalue weighted by atomic mass is 10.1. The van der Waals surface area contributed by atoms with E-state index in [1.807, 2.05) is 41.2 Å². The minimum Gasteiger partial charge on any atom is -0.492 e. The van der Waals surface area contributed by atoms with E-state index in [0.29, 0.717) is 16.9 Å². The lowest BCUT2D eigenvalue weighted by Gasteiger charge is -2.11. The number of carbonyl (C=O) groups excluding carboxylic acids is 1. The number of nitrogens with one attached hydrogen (secondary N) is 1. The Bertz CT molecular complexity index is 1190. The van der Waals surface area contributed by atoms with Crippen LogP contribution in [0.5, 0.6) is 5.75 Å². The van der Waals surface area contributed by atoms with Crippen molar-refractivity contribution in [2.75, 3.05) is 13.2 Å². The van der Waals surface area contributed by atoms with Crippen molar-refractivity contribution >= 4 is 5.91 Å². The molecule has 4 aromatic rings. The van der Waals surface area contributed by atoms with Gasteiger partial charge >= 0.3 is 12.1 Å². The molecule has 2 heterocycles. The highest BCUT2D eigenvalue weighted by atomic mass is 19.4. The molecule has 0 aliphatic carbocycles. The van der Waals surface area contributed by atoms with Gasteiger partial charge < -0.3 is 19.1 Å². The van der Waals surface area contributed by atoms with Crippen LogP contribution in [-0.4, -0.2) is 33.8 Å². The summed E-state index contributed by atoms with van der Waals surface area (Å²) in [6, 6.07) is 17.2. The maximum absolute atomic E-state index is 12.6. The third-order valence-electron chi connectivity index (χ3n) is 4.47. The van der Waals surface area contributed by atoms with Gasteiger partial charge in [-0.25, -0.2) is 0 Å². The number of para-hydroxylation sites is 1. The number of ether oxygens (including phenoxy) is 1. The van der Waals surface area contributed by atoms with Gasteiger partial charge in [-0.1, -0.05) is 17.3 Å². The number of benzene rings is 2. The van der Waals surface area contributed by atoms with E-state index in [4.69, 9.17) is 4.74 Å². The summed E-state index contributed by atoms with van der Waals surface area (Å²) in [7, 11) is 0. The predicted molar refractivity (Wildman–Crippen MR) is 108 cm³/mol. The van der Waals surface area contributed by atoms with Crippen LogP contribution in [0.1, 0.15) is 16.2 Å². The molecule has 0 unspecified atom stereocenters. The van der Waals surface area contributed by atoms with Crippen LogP contribution in [0.3, 0.4) is 0 Å². The Morgan fingerprint density at radius 1 is 1.03 bits per heavy atom. The average molecular weight is 442 g/mol. The quantitative estimate of drug-likeness (QED) is 0.430. The summed E-state index contributed by atoms with van der Waals surface area (Å²) in [6.45, 7) is 0.470. The highest BCUT2D eigenvalue weighted by Crippen LogP contribution is 2.29. The van der Waals surface area contributed by atoms with Gasteiger partial charge in [-0.2, -0.15) is 18.2 Å². The number of nitrogens with zero attached hydrogens (tertiary/aromatic N) is 3. The second-order valence-electron chi connectivity index (χ2n) is 6.66. The Balaban J connectivity index is 1.30. The highest BCUT2D eigenvalue weighted by Gasteiger charge is 2.38. The van der Waals surface area contributed by atoms with Crippen LogP contribution in [0.15, 0.2) is 77.6 Å². The van der Waals surface area contributed by atoms with E-state index >= 15 is 0 Å². The lowest BCUT2D eigenvalue weighted by Crippen LogP contribution is -2.28. The molecular formula is C22H17F3N4O3. The van der Waals surface area contributed by atoms with Crippen LogP contribution in [-0.2, 0) is 6.18 Å². The Labute approximate surface area is 180 Å². The predicted octanol–water partition coefficient (Wildman–Crippen LogP) is 4.35. The topological polar surface area (TPSA) is 82.2 Å². The molecule has 164 valence electrons. The fourth-order valence-electron chi connectivity index (χ4n) is 2.97. The summed E-state index contributed by atoms with van der Waals surface area (Å²) in [5.74, 6) is -1.32. The second-order valence-corrected chi connectivity index (χ2v) is 6.66. The van der Waals surface area contributed by atoms with E-state index in [0.717, 1.165) is 5.69 Å². The number of aromatic nitrogens is 3. The molecule has 1 N–H and O–H groups in total. The maximum atomic E-state index is 12.6. The highest BCUT2D eigenvalue weighted by molar-refractivity contribution is 5.97. The molecule has 0 radical (unpaired) electrons. The monoisotopic (exact) mass is 442 g/mol. The number of amides is 1. The summed E-state index contributed by atoms with van der Waals surface area (Å²) in [4.78, 5) is 15.9. The van der Waals surface area contributed by atoms with Gasteiger partial charge in [-0.05, 0) is 48.5 Å². The number of halogens is 3. The van der Waals surface area contributed by atoms with Gasteiger partial charge in [0.25, 0.3) is 5.91 Å². The van der Waals surface area contributed by atoms with Crippen molar-refractivity contribution in [1.82, 2.24) is 20.0 Å². The van der Waals surface area contributed by atoms with Crippen LogP contribution in [0, 0.1) is 0 Å². The molecule has 0 saturated carbocycles. The van der Waals surface area contributed by atoms with Crippen molar-refractivity contribution in [3.8, 4) is 22.8 Å². The minimum absolute atomic E-state index is 0.169. The third kappa shape index (κ3) is 4.80. The van der Waals surface area contributed by atoms with Gasteiger partial charge in [0.15, 0.2) is 0 Å². The average Bonchev–Trinajstić information content (AvgIpc) is 3.49. The van der Waals surface area contributed by atoms with E-state index < -0.39 is 12.1 Å². The van der Waals surface area contributed by atoms with Crippen LogP contribution >= 0.6 is 0 Å². The molecule has 0 bridgehead atoms. The molecule has 0 atom stereocenters. The first-order valence-corrected chi connectivity index (χ1v) is 9.56. The third-order valence-corrected chi connectivity index (χ3v) is 4.47. The fraction of sp³-hybridized carbons (Fsp3) is 0.136. The number of alkyl halides is 3. The fourth-order valence-corrected chi connectivity index (χ4v) is 2.97. The molecule has 1 amide bonds. The molecule has 0 saturated heterocycles.